The fourth-order valence-electron chi connectivity index (χ4n) is 1.07. The molecule has 2 atom stereocenters. The summed E-state index contributed by atoms with van der Waals surface area (Å²) < 4.78 is 4.73. The lowest BCUT2D eigenvalue weighted by Gasteiger charge is -2.16. The first-order chi connectivity index (χ1) is 8.42. The van der Waals surface area contributed by atoms with Gasteiger partial charge in [0.25, 0.3) is 0 Å². The summed E-state index contributed by atoms with van der Waals surface area (Å²) in [6, 6.07) is -1.19. The highest BCUT2D eigenvalue weighted by Crippen LogP contribution is 2.00. The molecule has 0 bridgehead atoms. The van der Waals surface area contributed by atoms with Gasteiger partial charge in [0.15, 0.2) is 0 Å². The van der Waals surface area contributed by atoms with Gasteiger partial charge >= 0.3 is 12.2 Å². The van der Waals surface area contributed by atoms with E-state index in [9.17, 15) is 14.4 Å². The molecule has 0 spiro atoms. The number of ketones is 1. The van der Waals surface area contributed by atoms with E-state index in [0.717, 1.165) is 0 Å². The molecule has 100 valence electrons. The summed E-state index contributed by atoms with van der Waals surface area (Å²) in [4.78, 5) is 35.8. The van der Waals surface area contributed by atoms with Crippen molar-refractivity contribution in [3.05, 3.63) is 5.53 Å². The predicted octanol–water partition coefficient (Wildman–Crippen LogP) is -0.759. The number of nitrogens with zero attached hydrogens (tertiary/aromatic N) is 2. The number of hydrogen-bond acceptors (Lipinski definition) is 4. The fourth-order valence-corrected chi connectivity index (χ4v) is 1.07. The highest BCUT2D eigenvalue weighted by molar-refractivity contribution is 6.25. The second-order valence-corrected chi connectivity index (χ2v) is 3.53. The minimum Gasteiger partial charge on any atom is -0.480 e. The molecule has 8 heteroatoms. The van der Waals surface area contributed by atoms with Crippen LogP contribution in [0.3, 0.4) is 0 Å². The second kappa shape index (κ2) is 8.10. The van der Waals surface area contributed by atoms with Crippen molar-refractivity contribution in [2.75, 3.05) is 7.11 Å². The fraction of sp³-hybridized carbons (Fsp3) is 0.600. The van der Waals surface area contributed by atoms with Crippen LogP contribution < -0.4 is 5.32 Å². The molecule has 0 fully saturated rings. The number of rotatable bonds is 8. The van der Waals surface area contributed by atoms with E-state index >= 15 is 0 Å². The van der Waals surface area contributed by atoms with E-state index < -0.39 is 29.8 Å². The molecular formula is C10H15N3O5. The van der Waals surface area contributed by atoms with Crippen molar-refractivity contribution in [1.82, 2.24) is 5.32 Å². The maximum atomic E-state index is 11.4. The van der Waals surface area contributed by atoms with Crippen LogP contribution in [-0.2, 0) is 19.1 Å². The molecule has 0 aliphatic rings. The molecular weight excluding hydrogens is 242 g/mol. The lowest BCUT2D eigenvalue weighted by atomic mass is 10.1. The van der Waals surface area contributed by atoms with Gasteiger partial charge in [0.05, 0.1) is 0 Å². The summed E-state index contributed by atoms with van der Waals surface area (Å²) in [7, 11) is 1.32. The van der Waals surface area contributed by atoms with Gasteiger partial charge in [0.2, 0.25) is 11.7 Å². The molecule has 0 radical (unpaired) electrons. The van der Waals surface area contributed by atoms with E-state index in [2.05, 4.69) is 10.1 Å². The number of ether oxygens (including phenoxy) is 1. The predicted molar refractivity (Wildman–Crippen MR) is 60.0 cm³/mol. The summed E-state index contributed by atoms with van der Waals surface area (Å²) in [5.41, 5.74) is 8.11. The van der Waals surface area contributed by atoms with Crippen LogP contribution in [0.15, 0.2) is 0 Å². The van der Waals surface area contributed by atoms with Crippen molar-refractivity contribution in [3.63, 3.8) is 0 Å². The van der Waals surface area contributed by atoms with Gasteiger partial charge in [-0.1, -0.05) is 0 Å². The van der Waals surface area contributed by atoms with Gasteiger partial charge in [-0.15, -0.1) is 0 Å². The average molecular weight is 257 g/mol. The van der Waals surface area contributed by atoms with Crippen LogP contribution in [0.5, 0.6) is 0 Å². The lowest BCUT2D eigenvalue weighted by molar-refractivity contribution is -0.143. The Kier molecular flexibility index (Phi) is 7.18. The monoisotopic (exact) mass is 257 g/mol. The van der Waals surface area contributed by atoms with E-state index in [0.29, 0.717) is 6.21 Å². The van der Waals surface area contributed by atoms with Crippen LogP contribution in [0.25, 0.3) is 5.53 Å². The number of carboxylic acid groups (broad SMARTS) is 1. The summed E-state index contributed by atoms with van der Waals surface area (Å²) in [6.07, 6.45) is -0.342. The number of amides is 1. The molecule has 0 heterocycles. The molecule has 0 aliphatic heterocycles. The van der Waals surface area contributed by atoms with Crippen LogP contribution in [0.1, 0.15) is 19.8 Å². The zero-order chi connectivity index (χ0) is 14.1. The van der Waals surface area contributed by atoms with E-state index in [1.54, 1.807) is 0 Å². The van der Waals surface area contributed by atoms with Gasteiger partial charge in [-0.3, -0.25) is 9.59 Å². The highest BCUT2D eigenvalue weighted by Gasteiger charge is 2.23. The number of aliphatic carboxylic acids is 1. The molecule has 1 amide bonds. The number of methoxy groups -OCH3 is 1. The van der Waals surface area contributed by atoms with Crippen LogP contribution in [0.4, 0.5) is 0 Å². The molecule has 0 aliphatic carbocycles. The van der Waals surface area contributed by atoms with Gasteiger partial charge in [0, 0.05) is 13.5 Å². The lowest BCUT2D eigenvalue weighted by Crippen LogP contribution is -2.45. The Morgan fingerprint density at radius 1 is 1.50 bits per heavy atom. The Bertz CT molecular complexity index is 376. The Hall–Kier alpha value is -2.05. The maximum Gasteiger partial charge on any atom is 0.326 e. The van der Waals surface area contributed by atoms with E-state index in [1.807, 2.05) is 0 Å². The maximum absolute atomic E-state index is 11.4. The van der Waals surface area contributed by atoms with Crippen molar-refractivity contribution < 1.29 is 29.0 Å². The molecule has 8 nitrogen and oxygen atoms in total. The van der Waals surface area contributed by atoms with Crippen LogP contribution in [0.2, 0.25) is 0 Å². The zero-order valence-corrected chi connectivity index (χ0v) is 10.1. The Labute approximate surface area is 104 Å². The third-order valence-electron chi connectivity index (χ3n) is 2.22. The molecule has 18 heavy (non-hydrogen) atoms. The molecule has 0 aromatic carbocycles. The van der Waals surface area contributed by atoms with Crippen molar-refractivity contribution in [3.8, 4) is 0 Å². The van der Waals surface area contributed by atoms with Gasteiger partial charge < -0.3 is 20.7 Å². The molecule has 2 N–H and O–H groups in total. The molecule has 0 saturated carbocycles. The highest BCUT2D eigenvalue weighted by atomic mass is 16.5. The molecule has 0 rings (SSSR count). The average Bonchev–Trinajstić information content (AvgIpc) is 2.32. The molecule has 1 unspecified atom stereocenters. The minimum atomic E-state index is -1.25. The quantitative estimate of drug-likeness (QED) is 0.335. The summed E-state index contributed by atoms with van der Waals surface area (Å²) in [5.74, 6) is -2.36. The largest absolute Gasteiger partial charge is 0.480 e. The van der Waals surface area contributed by atoms with Gasteiger partial charge in [-0.25, -0.2) is 4.79 Å². The second-order valence-electron chi connectivity index (χ2n) is 3.53. The molecule has 0 aromatic rings. The molecule has 0 aromatic heterocycles. The zero-order valence-electron chi connectivity index (χ0n) is 10.1. The Morgan fingerprint density at radius 2 is 2.11 bits per heavy atom. The third kappa shape index (κ3) is 5.88. The number of carbonyl (C=O) groups excluding carboxylic acids is 2. The first kappa shape index (κ1) is 16.0. The van der Waals surface area contributed by atoms with E-state index in [1.165, 1.54) is 14.0 Å². The Balaban J connectivity index is 4.41. The normalized spacial score (nSPS) is 13.0. The van der Waals surface area contributed by atoms with Crippen LogP contribution in [-0.4, -0.2) is 53.0 Å². The number of carbonyl (C=O) groups is 3. The Morgan fingerprint density at radius 3 is 2.56 bits per heavy atom. The van der Waals surface area contributed by atoms with Crippen molar-refractivity contribution in [1.29, 1.82) is 0 Å². The van der Waals surface area contributed by atoms with Crippen LogP contribution in [0, 0.1) is 0 Å². The van der Waals surface area contributed by atoms with Crippen molar-refractivity contribution in [2.24, 2.45) is 0 Å². The SMILES string of the molecule is CO[C@@H](C)C(=O)NC(CCC(=O)C=[N+]=[N-])C(=O)O. The van der Waals surface area contributed by atoms with Crippen LogP contribution >= 0.6 is 0 Å². The first-order valence-corrected chi connectivity index (χ1v) is 5.18. The standard InChI is InChI=1S/C10H15N3O5/c1-6(18-2)9(15)13-8(10(16)17)4-3-7(14)5-12-11/h5-6,8H,3-4H2,1-2H3,(H,13,15)(H,16,17)/t6-,8?/m0/s1. The summed E-state index contributed by atoms with van der Waals surface area (Å²) >= 11 is 0. The minimum absolute atomic E-state index is 0.0949. The summed E-state index contributed by atoms with van der Waals surface area (Å²) in [5, 5.41) is 11.1. The first-order valence-electron chi connectivity index (χ1n) is 5.18. The smallest absolute Gasteiger partial charge is 0.326 e. The van der Waals surface area contributed by atoms with Gasteiger partial charge in [-0.2, -0.15) is 4.79 Å². The van der Waals surface area contributed by atoms with Gasteiger partial charge in [-0.05, 0) is 13.3 Å². The van der Waals surface area contributed by atoms with Crippen molar-refractivity contribution in [2.45, 2.75) is 31.9 Å². The third-order valence-corrected chi connectivity index (χ3v) is 2.22. The topological polar surface area (TPSA) is 129 Å². The molecule has 0 saturated heterocycles. The van der Waals surface area contributed by atoms with Crippen molar-refractivity contribution >= 4 is 23.9 Å². The number of Topliss-reactive ketones (excluding diaryl/α,β-unsaturated/α-hetero) is 1. The van der Waals surface area contributed by atoms with E-state index in [-0.39, 0.29) is 12.8 Å². The van der Waals surface area contributed by atoms with Gasteiger partial charge in [0.1, 0.15) is 12.1 Å². The van der Waals surface area contributed by atoms with E-state index in [4.69, 9.17) is 15.4 Å². The number of nitrogens with one attached hydrogen (secondary N) is 1. The number of carboxylic acids is 1. The number of hydrogen-bond donors (Lipinski definition) is 2. The summed E-state index contributed by atoms with van der Waals surface area (Å²) in [6.45, 7) is 1.47.